The van der Waals surface area contributed by atoms with Crippen LogP contribution in [0.2, 0.25) is 0 Å². The largest absolute Gasteiger partial charge is 0.365 e. The molecule has 1 aromatic carbocycles. The molecular formula is C19H20FN5O. The molecule has 134 valence electrons. The van der Waals surface area contributed by atoms with E-state index in [0.717, 1.165) is 48.1 Å². The number of carbonyl (C=O) groups excluding carboxylic acids is 1. The summed E-state index contributed by atoms with van der Waals surface area (Å²) in [6, 6.07) is 6.75. The maximum atomic E-state index is 14.0. The smallest absolute Gasteiger partial charge is 0.252 e. The number of nitrogens with zero attached hydrogens (tertiary/aromatic N) is 3. The van der Waals surface area contributed by atoms with E-state index in [1.54, 1.807) is 12.3 Å². The SMILES string of the molecule is NC(=O)c1cn[nH]c1C1CCCN(Cc2cc(F)cc3cccnc23)C1. The molecule has 0 bridgehead atoms. The van der Waals surface area contributed by atoms with Gasteiger partial charge in [-0.05, 0) is 43.1 Å². The molecule has 1 atom stereocenters. The summed E-state index contributed by atoms with van der Waals surface area (Å²) in [6.45, 7) is 2.29. The number of pyridine rings is 1. The molecule has 1 aliphatic heterocycles. The molecule has 0 aliphatic carbocycles. The first-order chi connectivity index (χ1) is 12.6. The lowest BCUT2D eigenvalue weighted by Gasteiger charge is -2.32. The van der Waals surface area contributed by atoms with Crippen LogP contribution in [0.3, 0.4) is 0 Å². The molecule has 3 heterocycles. The topological polar surface area (TPSA) is 87.9 Å². The lowest BCUT2D eigenvalue weighted by atomic mass is 9.92. The normalized spacial score (nSPS) is 18.3. The predicted octanol–water partition coefficient (Wildman–Crippen LogP) is 2.58. The Bertz CT molecular complexity index is 954. The number of benzene rings is 1. The molecule has 1 amide bonds. The number of amides is 1. The molecule has 1 unspecified atom stereocenters. The van der Waals surface area contributed by atoms with Gasteiger partial charge in [-0.2, -0.15) is 5.10 Å². The molecule has 2 aromatic heterocycles. The van der Waals surface area contributed by atoms with Gasteiger partial charge in [0.2, 0.25) is 0 Å². The Kier molecular flexibility index (Phi) is 4.38. The monoisotopic (exact) mass is 353 g/mol. The second-order valence-corrected chi connectivity index (χ2v) is 6.78. The quantitative estimate of drug-likeness (QED) is 0.755. The summed E-state index contributed by atoms with van der Waals surface area (Å²) >= 11 is 0. The Hall–Kier alpha value is -2.80. The van der Waals surface area contributed by atoms with Crippen molar-refractivity contribution >= 4 is 16.8 Å². The summed E-state index contributed by atoms with van der Waals surface area (Å²) in [7, 11) is 0. The zero-order valence-electron chi connectivity index (χ0n) is 14.3. The van der Waals surface area contributed by atoms with E-state index in [1.807, 2.05) is 12.1 Å². The number of piperidine rings is 1. The van der Waals surface area contributed by atoms with E-state index in [1.165, 1.54) is 12.3 Å². The molecule has 26 heavy (non-hydrogen) atoms. The van der Waals surface area contributed by atoms with Crippen molar-refractivity contribution < 1.29 is 9.18 Å². The minimum Gasteiger partial charge on any atom is -0.365 e. The Morgan fingerprint density at radius 1 is 1.42 bits per heavy atom. The highest BCUT2D eigenvalue weighted by Gasteiger charge is 2.26. The molecule has 4 rings (SSSR count). The third-order valence-electron chi connectivity index (χ3n) is 4.99. The van der Waals surface area contributed by atoms with Crippen molar-refractivity contribution in [2.24, 2.45) is 5.73 Å². The van der Waals surface area contributed by atoms with Gasteiger partial charge in [0, 0.05) is 30.6 Å². The number of hydrogen-bond acceptors (Lipinski definition) is 4. The van der Waals surface area contributed by atoms with Crippen molar-refractivity contribution in [1.29, 1.82) is 0 Å². The number of H-pyrrole nitrogens is 1. The fraction of sp³-hybridized carbons (Fsp3) is 0.316. The van der Waals surface area contributed by atoms with Crippen LogP contribution in [0.1, 0.15) is 40.4 Å². The van der Waals surface area contributed by atoms with Crippen LogP contribution in [0.5, 0.6) is 0 Å². The molecule has 7 heteroatoms. The highest BCUT2D eigenvalue weighted by Crippen LogP contribution is 2.29. The molecule has 0 radical (unpaired) electrons. The van der Waals surface area contributed by atoms with Gasteiger partial charge in [0.15, 0.2) is 0 Å². The second-order valence-electron chi connectivity index (χ2n) is 6.78. The number of nitrogens with two attached hydrogens (primary N) is 1. The molecule has 1 aliphatic rings. The average Bonchev–Trinajstić information content (AvgIpc) is 3.12. The maximum Gasteiger partial charge on any atom is 0.252 e. The van der Waals surface area contributed by atoms with Crippen LogP contribution in [0.4, 0.5) is 4.39 Å². The Balaban J connectivity index is 1.58. The van der Waals surface area contributed by atoms with Crippen molar-refractivity contribution in [2.75, 3.05) is 13.1 Å². The standard InChI is InChI=1S/C19H20FN5O/c20-15-7-12-3-1-5-22-17(12)14(8-15)11-25-6-2-4-13(10-25)18-16(19(21)26)9-23-24-18/h1,3,5,7-9,13H,2,4,6,10-11H2,(H2,21,26)(H,23,24). The fourth-order valence-corrected chi connectivity index (χ4v) is 3.83. The average molecular weight is 353 g/mol. The zero-order chi connectivity index (χ0) is 18.1. The number of rotatable bonds is 4. The first-order valence-electron chi connectivity index (χ1n) is 8.70. The van der Waals surface area contributed by atoms with Gasteiger partial charge in [-0.15, -0.1) is 0 Å². The van der Waals surface area contributed by atoms with Gasteiger partial charge in [0.1, 0.15) is 5.82 Å². The molecular weight excluding hydrogens is 333 g/mol. The van der Waals surface area contributed by atoms with E-state index < -0.39 is 5.91 Å². The number of primary amides is 1. The fourth-order valence-electron chi connectivity index (χ4n) is 3.83. The molecule has 1 fully saturated rings. The Morgan fingerprint density at radius 3 is 3.15 bits per heavy atom. The van der Waals surface area contributed by atoms with Gasteiger partial charge in [-0.1, -0.05) is 6.07 Å². The van der Waals surface area contributed by atoms with Crippen LogP contribution >= 0.6 is 0 Å². The maximum absolute atomic E-state index is 14.0. The van der Waals surface area contributed by atoms with Crippen LogP contribution in [0.25, 0.3) is 10.9 Å². The Labute approximate surface area is 150 Å². The zero-order valence-corrected chi connectivity index (χ0v) is 14.3. The summed E-state index contributed by atoms with van der Waals surface area (Å²) < 4.78 is 14.0. The summed E-state index contributed by atoms with van der Waals surface area (Å²) in [5.41, 5.74) is 8.39. The highest BCUT2D eigenvalue weighted by atomic mass is 19.1. The third-order valence-corrected chi connectivity index (χ3v) is 4.99. The Morgan fingerprint density at radius 2 is 2.31 bits per heavy atom. The lowest BCUT2D eigenvalue weighted by molar-refractivity contribution is 0.0997. The minimum atomic E-state index is -0.466. The number of aromatic amines is 1. The van der Waals surface area contributed by atoms with Gasteiger partial charge in [-0.3, -0.25) is 19.8 Å². The summed E-state index contributed by atoms with van der Waals surface area (Å²) in [6.07, 6.45) is 5.16. The lowest BCUT2D eigenvalue weighted by Crippen LogP contribution is -2.34. The van der Waals surface area contributed by atoms with Gasteiger partial charge in [-0.25, -0.2) is 4.39 Å². The van der Waals surface area contributed by atoms with E-state index in [0.29, 0.717) is 12.1 Å². The van der Waals surface area contributed by atoms with Gasteiger partial charge in [0.25, 0.3) is 5.91 Å². The predicted molar refractivity (Wildman–Crippen MR) is 96.1 cm³/mol. The number of likely N-dealkylation sites (tertiary alicyclic amines) is 1. The number of nitrogens with one attached hydrogen (secondary N) is 1. The number of aromatic nitrogens is 3. The molecule has 0 saturated carbocycles. The molecule has 0 spiro atoms. The summed E-state index contributed by atoms with van der Waals surface area (Å²) in [5, 5.41) is 7.71. The van der Waals surface area contributed by atoms with Crippen LogP contribution in [0, 0.1) is 5.82 Å². The molecule has 3 aromatic rings. The number of carbonyl (C=O) groups is 1. The van der Waals surface area contributed by atoms with E-state index in [4.69, 9.17) is 5.73 Å². The summed E-state index contributed by atoms with van der Waals surface area (Å²) in [5.74, 6) is -0.564. The number of hydrogen-bond donors (Lipinski definition) is 2. The van der Waals surface area contributed by atoms with Crippen molar-refractivity contribution in [1.82, 2.24) is 20.1 Å². The highest BCUT2D eigenvalue weighted by molar-refractivity contribution is 5.93. The number of fused-ring (bicyclic) bond motifs is 1. The first kappa shape index (κ1) is 16.7. The van der Waals surface area contributed by atoms with Crippen LogP contribution in [-0.2, 0) is 6.54 Å². The van der Waals surface area contributed by atoms with E-state index in [-0.39, 0.29) is 11.7 Å². The minimum absolute atomic E-state index is 0.154. The number of halogens is 1. The van der Waals surface area contributed by atoms with E-state index in [2.05, 4.69) is 20.1 Å². The first-order valence-corrected chi connectivity index (χ1v) is 8.70. The molecule has 1 saturated heterocycles. The van der Waals surface area contributed by atoms with Crippen LogP contribution in [-0.4, -0.2) is 39.1 Å². The van der Waals surface area contributed by atoms with Crippen LogP contribution < -0.4 is 5.73 Å². The van der Waals surface area contributed by atoms with Crippen molar-refractivity contribution in [2.45, 2.75) is 25.3 Å². The van der Waals surface area contributed by atoms with Crippen LogP contribution in [0.15, 0.2) is 36.7 Å². The van der Waals surface area contributed by atoms with Gasteiger partial charge >= 0.3 is 0 Å². The van der Waals surface area contributed by atoms with E-state index >= 15 is 0 Å². The third kappa shape index (κ3) is 3.17. The van der Waals surface area contributed by atoms with Crippen molar-refractivity contribution in [3.8, 4) is 0 Å². The van der Waals surface area contributed by atoms with Gasteiger partial charge in [0.05, 0.1) is 23.0 Å². The van der Waals surface area contributed by atoms with E-state index in [9.17, 15) is 9.18 Å². The molecule has 6 nitrogen and oxygen atoms in total. The van der Waals surface area contributed by atoms with Crippen molar-refractivity contribution in [3.05, 3.63) is 59.3 Å². The second kappa shape index (κ2) is 6.84. The van der Waals surface area contributed by atoms with Crippen molar-refractivity contribution in [3.63, 3.8) is 0 Å². The van der Waals surface area contributed by atoms with Gasteiger partial charge < -0.3 is 5.73 Å². The molecule has 3 N–H and O–H groups in total. The summed E-state index contributed by atoms with van der Waals surface area (Å²) in [4.78, 5) is 18.3.